The van der Waals surface area contributed by atoms with E-state index in [1.165, 1.54) is 12.1 Å². The van der Waals surface area contributed by atoms with Crippen molar-refractivity contribution >= 4 is 40.4 Å². The van der Waals surface area contributed by atoms with Crippen LogP contribution in [0.4, 0.5) is 11.4 Å². The fourth-order valence-electron chi connectivity index (χ4n) is 5.66. The van der Waals surface area contributed by atoms with E-state index in [1.807, 2.05) is 32.0 Å². The van der Waals surface area contributed by atoms with Gasteiger partial charge in [-0.3, -0.25) is 25.2 Å². The van der Waals surface area contributed by atoms with E-state index in [4.69, 9.17) is 11.6 Å². The zero-order chi connectivity index (χ0) is 28.1. The molecule has 0 spiro atoms. The third-order valence-corrected chi connectivity index (χ3v) is 7.72. The summed E-state index contributed by atoms with van der Waals surface area (Å²) >= 11 is 6.70. The number of carbonyl (C=O) groups is 1. The molecule has 39 heavy (non-hydrogen) atoms. The first kappa shape index (κ1) is 26.4. The van der Waals surface area contributed by atoms with Crippen molar-refractivity contribution in [3.8, 4) is 0 Å². The SMILES string of the molecule is Cc1cc([N+](=O)[O-])ccc1N1C(=N)/C(=C(/O)c2ccccc2)C(c2ccccc2Cl)C2=C1CC(C)(C)CC2=O. The van der Waals surface area contributed by atoms with Crippen molar-refractivity contribution in [1.29, 1.82) is 5.41 Å². The topological polar surface area (TPSA) is 108 Å². The third kappa shape index (κ3) is 4.63. The molecule has 3 aromatic rings. The number of amidine groups is 1. The van der Waals surface area contributed by atoms with E-state index < -0.39 is 10.8 Å². The van der Waals surface area contributed by atoms with E-state index in [-0.39, 0.29) is 34.1 Å². The minimum absolute atomic E-state index is 0.0116. The van der Waals surface area contributed by atoms with Crippen molar-refractivity contribution in [2.75, 3.05) is 4.90 Å². The number of halogens is 1. The Morgan fingerprint density at radius 2 is 1.74 bits per heavy atom. The number of nitrogens with one attached hydrogen (secondary N) is 1. The van der Waals surface area contributed by atoms with Gasteiger partial charge in [-0.15, -0.1) is 0 Å². The summed E-state index contributed by atoms with van der Waals surface area (Å²) in [5.74, 6) is -0.983. The number of aliphatic hydroxyl groups excluding tert-OH is 1. The number of ketones is 1. The lowest BCUT2D eigenvalue weighted by atomic mass is 9.67. The summed E-state index contributed by atoms with van der Waals surface area (Å²) in [5.41, 5.74) is 3.18. The fourth-order valence-corrected chi connectivity index (χ4v) is 5.90. The monoisotopic (exact) mass is 541 g/mol. The van der Waals surface area contributed by atoms with Crippen LogP contribution in [0.5, 0.6) is 0 Å². The molecular formula is C31H28ClN3O4. The quantitative estimate of drug-likeness (QED) is 0.199. The number of nitro benzene ring substituents is 1. The predicted molar refractivity (Wildman–Crippen MR) is 153 cm³/mol. The molecule has 5 rings (SSSR count). The van der Waals surface area contributed by atoms with Gasteiger partial charge in [0.1, 0.15) is 11.6 Å². The molecule has 0 saturated carbocycles. The molecule has 7 nitrogen and oxygen atoms in total. The van der Waals surface area contributed by atoms with Gasteiger partial charge in [0.15, 0.2) is 5.78 Å². The Kier molecular flexibility index (Phi) is 6.64. The summed E-state index contributed by atoms with van der Waals surface area (Å²) < 4.78 is 0. The number of hydrogen-bond donors (Lipinski definition) is 2. The van der Waals surface area contributed by atoms with Crippen LogP contribution in [0.15, 0.2) is 89.6 Å². The van der Waals surface area contributed by atoms with E-state index in [9.17, 15) is 25.4 Å². The fraction of sp³-hybridized carbons (Fsp3) is 0.226. The Morgan fingerprint density at radius 1 is 1.08 bits per heavy atom. The maximum Gasteiger partial charge on any atom is 0.269 e. The van der Waals surface area contributed by atoms with E-state index in [0.29, 0.717) is 51.5 Å². The first-order chi connectivity index (χ1) is 18.5. The molecule has 2 N–H and O–H groups in total. The second-order valence-electron chi connectivity index (χ2n) is 10.8. The molecule has 0 bridgehead atoms. The number of hydrogen-bond acceptors (Lipinski definition) is 5. The lowest BCUT2D eigenvalue weighted by Crippen LogP contribution is -2.45. The van der Waals surface area contributed by atoms with Crippen LogP contribution < -0.4 is 4.90 Å². The van der Waals surface area contributed by atoms with Crippen LogP contribution in [-0.4, -0.2) is 21.6 Å². The summed E-state index contributed by atoms with van der Waals surface area (Å²) in [5, 5.41) is 33.1. The van der Waals surface area contributed by atoms with Crippen molar-refractivity contribution < 1.29 is 14.8 Å². The molecule has 0 amide bonds. The van der Waals surface area contributed by atoms with Gasteiger partial charge in [0, 0.05) is 51.9 Å². The minimum Gasteiger partial charge on any atom is -0.507 e. The number of aliphatic hydroxyl groups is 1. The summed E-state index contributed by atoms with van der Waals surface area (Å²) in [6.45, 7) is 5.76. The molecule has 1 aliphatic heterocycles. The number of nitrogens with zero attached hydrogens (tertiary/aromatic N) is 2. The molecular weight excluding hydrogens is 514 g/mol. The number of carbonyl (C=O) groups excluding carboxylic acids is 1. The van der Waals surface area contributed by atoms with Gasteiger partial charge in [-0.1, -0.05) is 74.0 Å². The number of allylic oxidation sites excluding steroid dienone is 2. The van der Waals surface area contributed by atoms with E-state index in [1.54, 1.807) is 54.3 Å². The first-order valence-electron chi connectivity index (χ1n) is 12.6. The molecule has 0 aromatic heterocycles. The van der Waals surface area contributed by atoms with Gasteiger partial charge in [0.25, 0.3) is 5.69 Å². The van der Waals surface area contributed by atoms with Crippen LogP contribution in [0.1, 0.15) is 49.3 Å². The van der Waals surface area contributed by atoms with Gasteiger partial charge in [-0.2, -0.15) is 0 Å². The van der Waals surface area contributed by atoms with Crippen LogP contribution in [0.25, 0.3) is 5.76 Å². The Morgan fingerprint density at radius 3 is 2.38 bits per heavy atom. The number of anilines is 1. The molecule has 0 fully saturated rings. The minimum atomic E-state index is -0.764. The summed E-state index contributed by atoms with van der Waals surface area (Å²) in [6, 6.07) is 20.6. The predicted octanol–water partition coefficient (Wildman–Crippen LogP) is 7.75. The van der Waals surface area contributed by atoms with Crippen molar-refractivity contribution in [2.24, 2.45) is 5.41 Å². The van der Waals surface area contributed by atoms with Crippen molar-refractivity contribution in [2.45, 2.75) is 39.5 Å². The zero-order valence-electron chi connectivity index (χ0n) is 21.9. The smallest absolute Gasteiger partial charge is 0.269 e. The highest BCUT2D eigenvalue weighted by molar-refractivity contribution is 6.32. The van der Waals surface area contributed by atoms with E-state index >= 15 is 0 Å². The normalized spacial score (nSPS) is 20.1. The second kappa shape index (κ2) is 9.82. The highest BCUT2D eigenvalue weighted by Crippen LogP contribution is 2.52. The Bertz CT molecular complexity index is 1590. The number of benzene rings is 3. The number of aryl methyl sites for hydroxylation is 1. The Balaban J connectivity index is 1.87. The van der Waals surface area contributed by atoms with E-state index in [0.717, 1.165) is 0 Å². The van der Waals surface area contributed by atoms with Gasteiger partial charge in [-0.05, 0) is 42.0 Å². The van der Waals surface area contributed by atoms with Gasteiger partial charge in [-0.25, -0.2) is 0 Å². The Hall–Kier alpha value is -4.23. The van der Waals surface area contributed by atoms with Crippen LogP contribution in [0.3, 0.4) is 0 Å². The van der Waals surface area contributed by atoms with Crippen molar-refractivity contribution in [3.05, 3.63) is 121 Å². The molecule has 0 saturated heterocycles. The maximum atomic E-state index is 14.0. The number of non-ortho nitro benzene ring substituents is 1. The molecule has 1 aliphatic carbocycles. The van der Waals surface area contributed by atoms with Crippen LogP contribution in [0.2, 0.25) is 5.02 Å². The van der Waals surface area contributed by atoms with Crippen molar-refractivity contribution in [1.82, 2.24) is 0 Å². The molecule has 2 aliphatic rings. The number of Topliss-reactive ketones (excluding diaryl/α,β-unsaturated/α-hetero) is 1. The lowest BCUT2D eigenvalue weighted by molar-refractivity contribution is -0.384. The molecule has 0 radical (unpaired) electrons. The molecule has 3 aromatic carbocycles. The highest BCUT2D eigenvalue weighted by atomic mass is 35.5. The first-order valence-corrected chi connectivity index (χ1v) is 13.0. The zero-order valence-corrected chi connectivity index (χ0v) is 22.6. The highest BCUT2D eigenvalue weighted by Gasteiger charge is 2.47. The second-order valence-corrected chi connectivity index (χ2v) is 11.2. The molecule has 1 unspecified atom stereocenters. The largest absolute Gasteiger partial charge is 0.507 e. The van der Waals surface area contributed by atoms with E-state index in [2.05, 4.69) is 0 Å². The van der Waals surface area contributed by atoms with Gasteiger partial charge >= 0.3 is 0 Å². The van der Waals surface area contributed by atoms with Gasteiger partial charge < -0.3 is 5.11 Å². The van der Waals surface area contributed by atoms with Crippen molar-refractivity contribution in [3.63, 3.8) is 0 Å². The van der Waals surface area contributed by atoms with Gasteiger partial charge in [0.2, 0.25) is 0 Å². The van der Waals surface area contributed by atoms with Gasteiger partial charge in [0.05, 0.1) is 10.6 Å². The number of nitro groups is 1. The Labute approximate surface area is 231 Å². The standard InChI is InChI=1S/C31H28ClN3O4/c1-18-15-20(35(38)39)13-14-23(18)34-24-16-31(2,3)17-25(36)27(24)26(21-11-7-8-12-22(21)32)28(30(34)33)29(37)19-9-5-4-6-10-19/h4-15,26,33,37H,16-17H2,1-3H3/b29-28+,33-30?. The molecule has 1 atom stereocenters. The summed E-state index contributed by atoms with van der Waals surface area (Å²) in [6.07, 6.45) is 0.791. The average molecular weight is 542 g/mol. The molecule has 198 valence electrons. The van der Waals surface area contributed by atoms with Crippen LogP contribution in [-0.2, 0) is 4.79 Å². The van der Waals surface area contributed by atoms with Crippen LogP contribution in [0, 0.1) is 27.9 Å². The summed E-state index contributed by atoms with van der Waals surface area (Å²) in [4.78, 5) is 26.6. The average Bonchev–Trinajstić information content (AvgIpc) is 2.88. The number of rotatable bonds is 4. The lowest BCUT2D eigenvalue weighted by Gasteiger charge is -2.45. The molecule has 1 heterocycles. The summed E-state index contributed by atoms with van der Waals surface area (Å²) in [7, 11) is 0. The maximum absolute atomic E-state index is 14.0. The third-order valence-electron chi connectivity index (χ3n) is 7.37. The van der Waals surface area contributed by atoms with Crippen LogP contribution >= 0.6 is 11.6 Å². The molecule has 8 heteroatoms.